The smallest absolute Gasteiger partial charge is 0.459 e. The number of nitrogens with zero attached hydrogens (tertiary/aromatic N) is 3. The summed E-state index contributed by atoms with van der Waals surface area (Å²) in [5.74, 6) is 0.220. The van der Waals surface area contributed by atoms with Crippen molar-refractivity contribution in [3.05, 3.63) is 54.9 Å². The zero-order chi connectivity index (χ0) is 25.9. The monoisotopic (exact) mass is 533 g/mol. The maximum Gasteiger partial charge on any atom is 0.459 e. The summed E-state index contributed by atoms with van der Waals surface area (Å²) in [5.41, 5.74) is 5.61. The Morgan fingerprint density at radius 3 is 2.86 bits per heavy atom. The second-order valence-electron chi connectivity index (χ2n) is 8.21. The molecule has 2 aliphatic heterocycles. The van der Waals surface area contributed by atoms with Crippen LogP contribution in [0.4, 0.5) is 0 Å². The minimum absolute atomic E-state index is 0.108. The number of nitrogens with one attached hydrogen (secondary N) is 1. The first-order chi connectivity index (χ1) is 17.2. The van der Waals surface area contributed by atoms with Crippen LogP contribution >= 0.6 is 19.5 Å². The topological polar surface area (TPSA) is 148 Å². The molecule has 2 aromatic carbocycles. The van der Waals surface area contributed by atoms with E-state index in [0.29, 0.717) is 18.0 Å². The molecule has 4 rings (SSSR count). The highest BCUT2D eigenvalue weighted by atomic mass is 32.2. The Balaban J connectivity index is 1.50. The van der Waals surface area contributed by atoms with E-state index in [4.69, 9.17) is 19.5 Å². The molecule has 0 bridgehead atoms. The Morgan fingerprint density at radius 2 is 2.11 bits per heavy atom. The number of methoxy groups -OCH3 is 1. The second-order valence-corrected chi connectivity index (χ2v) is 11.3. The van der Waals surface area contributed by atoms with E-state index in [9.17, 15) is 14.5 Å². The standard InChI is InChI=1S/C23H28N5O6PS/c1-14(22(30)32-3)27-35(31,34-19-10-6-8-16-7-4-5-9-17(16)19)33-12-20-18(29)11-21(36-20)28-13-25-23(24)26-15(28)2/h4-10,13-14,18,20-21,29H,2,11-12H2,1,3H3,(H2,24,26)(H,27,31)/t14-,18+,20+,21+,35?/m0/s1. The summed E-state index contributed by atoms with van der Waals surface area (Å²) in [6, 6.07) is 11.8. The third kappa shape index (κ3) is 5.91. The molecule has 36 heavy (non-hydrogen) atoms. The summed E-state index contributed by atoms with van der Waals surface area (Å²) in [6.07, 6.45) is 1.12. The Labute approximate surface area is 213 Å². The van der Waals surface area contributed by atoms with Crippen molar-refractivity contribution in [3.8, 4) is 5.75 Å². The fraction of sp³-hybridized carbons (Fsp3) is 0.348. The zero-order valence-electron chi connectivity index (χ0n) is 19.8. The van der Waals surface area contributed by atoms with Gasteiger partial charge in [0.15, 0.2) is 0 Å². The molecule has 13 heteroatoms. The summed E-state index contributed by atoms with van der Waals surface area (Å²) in [5, 5.41) is 14.3. The van der Waals surface area contributed by atoms with E-state index < -0.39 is 31.1 Å². The quantitative estimate of drug-likeness (QED) is 0.325. The molecule has 2 aromatic rings. The normalized spacial score (nSPS) is 24.3. The number of benzene rings is 2. The van der Waals surface area contributed by atoms with Crippen LogP contribution in [0.5, 0.6) is 5.75 Å². The minimum Gasteiger partial charge on any atom is -0.468 e. The van der Waals surface area contributed by atoms with E-state index in [2.05, 4.69) is 21.7 Å². The van der Waals surface area contributed by atoms with Crippen molar-refractivity contribution in [2.45, 2.75) is 36.1 Å². The van der Waals surface area contributed by atoms with Crippen LogP contribution in [0.25, 0.3) is 10.8 Å². The molecule has 2 heterocycles. The lowest BCUT2D eigenvalue weighted by molar-refractivity contribution is -0.142. The van der Waals surface area contributed by atoms with Crippen molar-refractivity contribution in [1.29, 1.82) is 0 Å². The van der Waals surface area contributed by atoms with E-state index >= 15 is 0 Å². The van der Waals surface area contributed by atoms with Gasteiger partial charge >= 0.3 is 13.7 Å². The van der Waals surface area contributed by atoms with Gasteiger partial charge in [0.05, 0.1) is 30.4 Å². The SMILES string of the molecule is C=C1N=C(N)N=CN1[C@H]1C[C@@H](O)[C@@H](COP(=O)(N[C@@H](C)C(=O)OC)Oc2cccc3ccccc23)S1. The summed E-state index contributed by atoms with van der Waals surface area (Å²) in [7, 11) is -2.86. The molecule has 0 aliphatic carbocycles. The van der Waals surface area contributed by atoms with Gasteiger partial charge in [-0.2, -0.15) is 10.1 Å². The summed E-state index contributed by atoms with van der Waals surface area (Å²) < 4.78 is 30.3. The number of hydrogen-bond donors (Lipinski definition) is 3. The van der Waals surface area contributed by atoms with Gasteiger partial charge in [0.2, 0.25) is 5.96 Å². The molecule has 2 aliphatic rings. The molecule has 0 spiro atoms. The number of ether oxygens (including phenoxy) is 1. The van der Waals surface area contributed by atoms with Crippen LogP contribution in [0.2, 0.25) is 0 Å². The molecule has 0 aromatic heterocycles. The highest BCUT2D eigenvalue weighted by molar-refractivity contribution is 8.00. The van der Waals surface area contributed by atoms with Crippen LogP contribution in [0, 0.1) is 0 Å². The molecule has 0 saturated carbocycles. The van der Waals surface area contributed by atoms with Crippen LogP contribution < -0.4 is 15.3 Å². The molecule has 5 atom stereocenters. The van der Waals surface area contributed by atoms with Gasteiger partial charge in [0.1, 0.15) is 24.0 Å². The summed E-state index contributed by atoms with van der Waals surface area (Å²) in [4.78, 5) is 21.8. The average Bonchev–Trinajstić information content (AvgIpc) is 3.22. The maximum atomic E-state index is 13.9. The van der Waals surface area contributed by atoms with Gasteiger partial charge in [-0.25, -0.2) is 9.56 Å². The van der Waals surface area contributed by atoms with Crippen molar-refractivity contribution < 1.29 is 28.3 Å². The molecule has 1 unspecified atom stereocenters. The van der Waals surface area contributed by atoms with Crippen LogP contribution in [-0.4, -0.2) is 64.8 Å². The lowest BCUT2D eigenvalue weighted by atomic mass is 10.1. The third-order valence-corrected chi connectivity index (χ3v) is 8.82. The number of nitrogens with two attached hydrogens (primary N) is 1. The fourth-order valence-corrected chi connectivity index (χ4v) is 6.91. The molecule has 4 N–H and O–H groups in total. The van der Waals surface area contributed by atoms with Crippen molar-refractivity contribution in [2.75, 3.05) is 13.7 Å². The average molecular weight is 534 g/mol. The first kappa shape index (κ1) is 26.2. The second kappa shape index (κ2) is 11.0. The number of rotatable bonds is 9. The fourth-order valence-electron chi connectivity index (χ4n) is 3.82. The number of carbonyl (C=O) groups excluding carboxylic acids is 1. The van der Waals surface area contributed by atoms with Crippen LogP contribution in [-0.2, 0) is 18.6 Å². The van der Waals surface area contributed by atoms with Gasteiger partial charge in [-0.05, 0) is 18.4 Å². The lowest BCUT2D eigenvalue weighted by Crippen LogP contribution is -2.35. The largest absolute Gasteiger partial charge is 0.468 e. The number of carbonyl (C=O) groups is 1. The minimum atomic E-state index is -4.09. The Kier molecular flexibility index (Phi) is 8.01. The molecule has 192 valence electrons. The zero-order valence-corrected chi connectivity index (χ0v) is 21.5. The predicted molar refractivity (Wildman–Crippen MR) is 140 cm³/mol. The first-order valence-corrected chi connectivity index (χ1v) is 13.6. The van der Waals surface area contributed by atoms with E-state index in [0.717, 1.165) is 10.8 Å². The molecule has 1 fully saturated rings. The van der Waals surface area contributed by atoms with Gasteiger partial charge in [-0.1, -0.05) is 43.0 Å². The number of guanidine groups is 1. The van der Waals surface area contributed by atoms with Crippen LogP contribution in [0.3, 0.4) is 0 Å². The predicted octanol–water partition coefficient (Wildman–Crippen LogP) is 2.82. The number of aliphatic hydroxyl groups is 1. The number of thioether (sulfide) groups is 1. The Morgan fingerprint density at radius 1 is 1.36 bits per heavy atom. The molecule has 0 radical (unpaired) electrons. The number of aliphatic hydroxyl groups excluding tert-OH is 1. The number of esters is 1. The number of aliphatic imine (C=N–C) groups is 2. The highest BCUT2D eigenvalue weighted by Crippen LogP contribution is 2.48. The lowest BCUT2D eigenvalue weighted by Gasteiger charge is -2.27. The number of fused-ring (bicyclic) bond motifs is 1. The van der Waals surface area contributed by atoms with Crippen molar-refractivity contribution in [1.82, 2.24) is 9.99 Å². The Bertz CT molecular complexity index is 1250. The summed E-state index contributed by atoms with van der Waals surface area (Å²) >= 11 is 1.40. The third-order valence-electron chi connectivity index (χ3n) is 5.65. The Hall–Kier alpha value is -2.89. The van der Waals surface area contributed by atoms with Gasteiger partial charge < -0.3 is 25.0 Å². The first-order valence-electron chi connectivity index (χ1n) is 11.2. The van der Waals surface area contributed by atoms with E-state index in [1.54, 1.807) is 17.0 Å². The molecule has 11 nitrogen and oxygen atoms in total. The van der Waals surface area contributed by atoms with E-state index in [1.165, 1.54) is 32.1 Å². The molecule has 0 amide bonds. The number of hydrogen-bond acceptors (Lipinski definition) is 11. The maximum absolute atomic E-state index is 13.9. The molecular formula is C23H28N5O6PS. The van der Waals surface area contributed by atoms with Gasteiger partial charge in [-0.15, -0.1) is 11.8 Å². The van der Waals surface area contributed by atoms with Crippen LogP contribution in [0.1, 0.15) is 13.3 Å². The van der Waals surface area contributed by atoms with Crippen molar-refractivity contribution in [3.63, 3.8) is 0 Å². The van der Waals surface area contributed by atoms with Crippen molar-refractivity contribution in [2.24, 2.45) is 15.7 Å². The van der Waals surface area contributed by atoms with Gasteiger partial charge in [-0.3, -0.25) is 9.32 Å². The van der Waals surface area contributed by atoms with Crippen molar-refractivity contribution >= 4 is 48.5 Å². The summed E-state index contributed by atoms with van der Waals surface area (Å²) in [6.45, 7) is 5.26. The van der Waals surface area contributed by atoms with E-state index in [-0.39, 0.29) is 17.9 Å². The molecular weight excluding hydrogens is 505 g/mol. The van der Waals surface area contributed by atoms with E-state index in [1.807, 2.05) is 30.3 Å². The van der Waals surface area contributed by atoms with Gasteiger partial charge in [0.25, 0.3) is 0 Å². The van der Waals surface area contributed by atoms with Crippen LogP contribution in [0.15, 0.2) is 64.8 Å². The highest BCUT2D eigenvalue weighted by Gasteiger charge is 2.41. The van der Waals surface area contributed by atoms with Gasteiger partial charge in [0, 0.05) is 11.8 Å². The molecule has 1 saturated heterocycles.